The lowest BCUT2D eigenvalue weighted by Gasteiger charge is -1.94. The maximum absolute atomic E-state index is 10.3. The van der Waals surface area contributed by atoms with E-state index in [0.29, 0.717) is 9.80 Å². The van der Waals surface area contributed by atoms with E-state index in [2.05, 4.69) is 0 Å². The first-order valence-electron chi connectivity index (χ1n) is 2.46. The van der Waals surface area contributed by atoms with Crippen LogP contribution in [-0.2, 0) is 0 Å². The second-order valence-electron chi connectivity index (χ2n) is 1.33. The van der Waals surface area contributed by atoms with Gasteiger partial charge >= 0.3 is 0 Å². The van der Waals surface area contributed by atoms with Gasteiger partial charge < -0.3 is 5.21 Å². The second kappa shape index (κ2) is 1.38. The van der Waals surface area contributed by atoms with E-state index in [0.717, 1.165) is 0 Å². The van der Waals surface area contributed by atoms with Gasteiger partial charge in [0.15, 0.2) is 7.92 Å². The maximum atomic E-state index is 10.3. The number of hydrogen-bond donors (Lipinski definition) is 1. The van der Waals surface area contributed by atoms with Gasteiger partial charge in [0.05, 0.1) is 0 Å². The Morgan fingerprint density at radius 1 is 2.14 bits per heavy atom. The average molecular weight is 103 g/mol. The van der Waals surface area contributed by atoms with Gasteiger partial charge in [-0.05, 0) is 0 Å². The zero-order chi connectivity index (χ0) is 6.15. The van der Waals surface area contributed by atoms with Crippen LogP contribution in [0.1, 0.15) is 1.37 Å². The topological polar surface area (TPSA) is 49.5 Å². The summed E-state index contributed by atoms with van der Waals surface area (Å²) in [7, 11) is 0. The normalized spacial score (nSPS) is 23.6. The predicted molar refractivity (Wildman–Crippen MR) is 23.1 cm³/mol. The van der Waals surface area contributed by atoms with Crippen LogP contribution in [0.15, 0.2) is 0 Å². The van der Waals surface area contributed by atoms with Crippen LogP contribution < -0.4 is 0 Å². The Kier molecular flexibility index (Phi) is 0.643. The molecule has 0 saturated carbocycles. The van der Waals surface area contributed by atoms with Crippen molar-refractivity contribution in [3.63, 3.8) is 0 Å². The molecular formula is C3H6N2O2. The van der Waals surface area contributed by atoms with Crippen LogP contribution in [0.5, 0.6) is 0 Å². The highest BCUT2D eigenvalue weighted by molar-refractivity contribution is 5.48. The maximum Gasteiger partial charge on any atom is 0.267 e. The summed E-state index contributed by atoms with van der Waals surface area (Å²) < 4.78 is 7.18. The first-order chi connectivity index (χ1) is 3.72. The number of nitrogens with zero attached hydrogens (tertiary/aromatic N) is 2. The molecule has 1 N–H and O–H groups in total. The number of rotatable bonds is 0. The highest BCUT2D eigenvalue weighted by Crippen LogP contribution is 1.84. The van der Waals surface area contributed by atoms with E-state index in [-0.39, 0.29) is 19.4 Å². The van der Waals surface area contributed by atoms with Crippen molar-refractivity contribution in [2.24, 2.45) is 0 Å². The van der Waals surface area contributed by atoms with Crippen molar-refractivity contribution in [3.05, 3.63) is 5.21 Å². The van der Waals surface area contributed by atoms with Gasteiger partial charge in [0.2, 0.25) is 0 Å². The molecule has 4 heteroatoms. The molecule has 1 aliphatic rings. The molecule has 0 bridgehead atoms. The zero-order valence-electron chi connectivity index (χ0n) is 4.66. The van der Waals surface area contributed by atoms with Crippen LogP contribution >= 0.6 is 0 Å². The fourth-order valence-electron chi connectivity index (χ4n) is 0.414. The van der Waals surface area contributed by atoms with Crippen molar-refractivity contribution in [2.45, 2.75) is 0 Å². The number of hydrogen-bond acceptors (Lipinski definition) is 3. The van der Waals surface area contributed by atoms with Crippen molar-refractivity contribution in [1.29, 1.82) is 0 Å². The largest absolute Gasteiger partial charge is 0.715 e. The Morgan fingerprint density at radius 2 is 2.86 bits per heavy atom. The summed E-state index contributed by atoms with van der Waals surface area (Å²) in [6.07, 6.45) is -0.370. The molecule has 0 radical (unpaired) electrons. The lowest BCUT2D eigenvalue weighted by atomic mass is 10.7. The van der Waals surface area contributed by atoms with Gasteiger partial charge in [-0.1, -0.05) is 0 Å². The molecule has 0 amide bonds. The Bertz CT molecular complexity index is 135. The molecule has 40 valence electrons. The van der Waals surface area contributed by atoms with Crippen molar-refractivity contribution in [2.75, 3.05) is 13.1 Å². The van der Waals surface area contributed by atoms with Gasteiger partial charge in [0.1, 0.15) is 6.54 Å². The molecule has 0 spiro atoms. The minimum absolute atomic E-state index is 0.190. The predicted octanol–water partition coefficient (Wildman–Crippen LogP) is -0.770. The molecule has 7 heavy (non-hydrogen) atoms. The van der Waals surface area contributed by atoms with Crippen LogP contribution in [0.3, 0.4) is 0 Å². The lowest BCUT2D eigenvalue weighted by Crippen LogP contribution is -2.12. The van der Waals surface area contributed by atoms with E-state index < -0.39 is 0 Å². The summed E-state index contributed by atoms with van der Waals surface area (Å²) in [5, 5.41) is 19.4. The molecule has 0 atom stereocenters. The van der Waals surface area contributed by atoms with Gasteiger partial charge in [-0.15, -0.1) is 5.06 Å². The van der Waals surface area contributed by atoms with Crippen LogP contribution in [0, 0.1) is 5.21 Å². The van der Waals surface area contributed by atoms with Gasteiger partial charge in [0, 0.05) is 0 Å². The molecular weight excluding hydrogens is 96.0 g/mol. The summed E-state index contributed by atoms with van der Waals surface area (Å²) in [4.78, 5) is 0. The van der Waals surface area contributed by atoms with E-state index in [1.54, 1.807) is 0 Å². The van der Waals surface area contributed by atoms with E-state index in [1.165, 1.54) is 0 Å². The minimum atomic E-state index is -0.370. The Morgan fingerprint density at radius 3 is 3.00 bits per heavy atom. The Hall–Kier alpha value is -0.770. The first-order valence-corrected chi connectivity index (χ1v) is 1.96. The molecule has 0 aromatic rings. The SMILES string of the molecule is [2H]C1=[N+]([O-])CCN1O. The zero-order valence-corrected chi connectivity index (χ0v) is 3.66. The van der Waals surface area contributed by atoms with Crippen LogP contribution in [-0.4, -0.2) is 34.4 Å². The van der Waals surface area contributed by atoms with Crippen molar-refractivity contribution < 1.29 is 11.3 Å². The van der Waals surface area contributed by atoms with E-state index in [9.17, 15) is 5.21 Å². The Balaban J connectivity index is 2.71. The fraction of sp³-hybridized carbons (Fsp3) is 0.667. The van der Waals surface area contributed by atoms with Crippen LogP contribution in [0.25, 0.3) is 0 Å². The van der Waals surface area contributed by atoms with Crippen LogP contribution in [0.4, 0.5) is 0 Å². The minimum Gasteiger partial charge on any atom is -0.715 e. The van der Waals surface area contributed by atoms with E-state index in [1.807, 2.05) is 0 Å². The summed E-state index contributed by atoms with van der Waals surface area (Å²) in [6, 6.07) is 0. The standard InChI is InChI=1S/C3H6N2O2/c6-4-1-2-5(7)3-4/h3,6H,1-2H2/i3D. The lowest BCUT2D eigenvalue weighted by molar-refractivity contribution is -0.441. The highest BCUT2D eigenvalue weighted by Gasteiger charge is 2.10. The highest BCUT2D eigenvalue weighted by atomic mass is 16.5. The monoisotopic (exact) mass is 103 g/mol. The molecule has 1 rings (SSSR count). The summed E-state index contributed by atoms with van der Waals surface area (Å²) >= 11 is 0. The average Bonchev–Trinajstić information content (AvgIpc) is 1.98. The second-order valence-corrected chi connectivity index (χ2v) is 1.33. The molecule has 0 aromatic carbocycles. The molecule has 1 aliphatic heterocycles. The summed E-state index contributed by atoms with van der Waals surface area (Å²) in [5.41, 5.74) is 0. The van der Waals surface area contributed by atoms with Crippen molar-refractivity contribution in [1.82, 2.24) is 5.06 Å². The van der Waals surface area contributed by atoms with Gasteiger partial charge in [-0.3, -0.25) is 4.74 Å². The van der Waals surface area contributed by atoms with Gasteiger partial charge in [-0.2, -0.15) is 0 Å². The molecule has 0 fully saturated rings. The third kappa shape index (κ3) is 0.806. The quantitative estimate of drug-likeness (QED) is 0.323. The van der Waals surface area contributed by atoms with Gasteiger partial charge in [0.25, 0.3) is 6.31 Å². The first kappa shape index (κ1) is 3.26. The van der Waals surface area contributed by atoms with Crippen molar-refractivity contribution in [3.8, 4) is 0 Å². The van der Waals surface area contributed by atoms with E-state index >= 15 is 0 Å². The third-order valence-electron chi connectivity index (χ3n) is 0.742. The molecule has 4 nitrogen and oxygen atoms in total. The molecule has 0 aliphatic carbocycles. The van der Waals surface area contributed by atoms with Crippen molar-refractivity contribution >= 4 is 6.31 Å². The molecule has 0 aromatic heterocycles. The smallest absolute Gasteiger partial charge is 0.267 e. The summed E-state index contributed by atoms with van der Waals surface area (Å²) in [6.45, 7) is 0.428. The summed E-state index contributed by atoms with van der Waals surface area (Å²) in [5.74, 6) is 0. The fourth-order valence-corrected chi connectivity index (χ4v) is 0.414. The third-order valence-corrected chi connectivity index (χ3v) is 0.742. The van der Waals surface area contributed by atoms with Crippen LogP contribution in [0.2, 0.25) is 0 Å². The molecule has 1 heterocycles. The molecule has 0 unspecified atom stereocenters. The Labute approximate surface area is 42.2 Å². The number of hydroxylamine groups is 3. The van der Waals surface area contributed by atoms with E-state index in [4.69, 9.17) is 6.58 Å². The van der Waals surface area contributed by atoms with Gasteiger partial charge in [-0.25, -0.2) is 5.21 Å². The molecule has 0 saturated heterocycles. The number of amidine groups is 1.